The largest absolute Gasteiger partial charge is 0.492 e. The molecule has 0 radical (unpaired) electrons. The van der Waals surface area contributed by atoms with Crippen LogP contribution in [0.3, 0.4) is 0 Å². The van der Waals surface area contributed by atoms with Crippen molar-refractivity contribution in [1.29, 1.82) is 0 Å². The summed E-state index contributed by atoms with van der Waals surface area (Å²) in [5.41, 5.74) is 4.10. The predicted molar refractivity (Wildman–Crippen MR) is 134 cm³/mol. The van der Waals surface area contributed by atoms with Crippen LogP contribution in [0.4, 0.5) is 5.69 Å². The maximum Gasteiger partial charge on any atom is 0.224 e. The first kappa shape index (κ1) is 22.6. The first-order valence-corrected chi connectivity index (χ1v) is 12.0. The second-order valence-electron chi connectivity index (χ2n) is 9.06. The van der Waals surface area contributed by atoms with Gasteiger partial charge in [0.15, 0.2) is 0 Å². The number of carbonyl (C=O) groups excluding carboxylic acids is 1. The number of ether oxygens (including phenoxy) is 2. The number of hydrogen-bond acceptors (Lipinski definition) is 6. The SMILES string of the molecule is CC(=O)N1CCOc2ccc(CN3CCN(CCOc4cccc5nc(C)ccc45)CC3)cc21. The number of aryl methyl sites for hydroxylation is 1. The Labute approximate surface area is 200 Å². The molecule has 178 valence electrons. The van der Waals surface area contributed by atoms with Gasteiger partial charge in [-0.2, -0.15) is 0 Å². The summed E-state index contributed by atoms with van der Waals surface area (Å²) in [6.45, 7) is 11.3. The zero-order valence-electron chi connectivity index (χ0n) is 20.0. The van der Waals surface area contributed by atoms with E-state index in [4.69, 9.17) is 9.47 Å². The number of aromatic nitrogens is 1. The topological polar surface area (TPSA) is 58.1 Å². The summed E-state index contributed by atoms with van der Waals surface area (Å²) >= 11 is 0. The molecule has 7 nitrogen and oxygen atoms in total. The maximum atomic E-state index is 12.0. The highest BCUT2D eigenvalue weighted by Gasteiger charge is 2.23. The van der Waals surface area contributed by atoms with Crippen molar-refractivity contribution in [3.63, 3.8) is 0 Å². The molecule has 0 aliphatic carbocycles. The number of anilines is 1. The normalized spacial score (nSPS) is 16.8. The summed E-state index contributed by atoms with van der Waals surface area (Å²) in [6, 6.07) is 16.4. The molecular weight excluding hydrogens is 428 g/mol. The molecule has 5 rings (SSSR count). The minimum Gasteiger partial charge on any atom is -0.492 e. The third-order valence-electron chi connectivity index (χ3n) is 6.63. The zero-order valence-corrected chi connectivity index (χ0v) is 20.0. The van der Waals surface area contributed by atoms with Gasteiger partial charge in [0.2, 0.25) is 5.91 Å². The Hall–Kier alpha value is -3.16. The van der Waals surface area contributed by atoms with Gasteiger partial charge >= 0.3 is 0 Å². The zero-order chi connectivity index (χ0) is 23.5. The van der Waals surface area contributed by atoms with E-state index in [-0.39, 0.29) is 5.91 Å². The lowest BCUT2D eigenvalue weighted by atomic mass is 10.1. The molecule has 1 amide bonds. The van der Waals surface area contributed by atoms with Gasteiger partial charge in [-0.05, 0) is 48.9 Å². The van der Waals surface area contributed by atoms with Crippen LogP contribution in [0.5, 0.6) is 11.5 Å². The number of fused-ring (bicyclic) bond motifs is 2. The fourth-order valence-electron chi connectivity index (χ4n) is 4.76. The minimum absolute atomic E-state index is 0.0624. The number of rotatable bonds is 6. The van der Waals surface area contributed by atoms with E-state index in [0.29, 0.717) is 19.8 Å². The molecule has 0 atom stereocenters. The smallest absolute Gasteiger partial charge is 0.224 e. The average molecular weight is 461 g/mol. The molecule has 2 aromatic carbocycles. The third kappa shape index (κ3) is 5.00. The van der Waals surface area contributed by atoms with Crippen molar-refractivity contribution in [2.45, 2.75) is 20.4 Å². The van der Waals surface area contributed by atoms with Gasteiger partial charge in [0.25, 0.3) is 0 Å². The molecule has 0 unspecified atom stereocenters. The summed E-state index contributed by atoms with van der Waals surface area (Å²) in [4.78, 5) is 23.3. The first-order valence-electron chi connectivity index (χ1n) is 12.0. The van der Waals surface area contributed by atoms with Crippen LogP contribution in [-0.4, -0.2) is 73.2 Å². The lowest BCUT2D eigenvalue weighted by molar-refractivity contribution is -0.116. The number of carbonyl (C=O) groups is 1. The van der Waals surface area contributed by atoms with Crippen LogP contribution in [0.1, 0.15) is 18.2 Å². The second kappa shape index (κ2) is 9.99. The predicted octanol–water partition coefficient (Wildman–Crippen LogP) is 3.49. The van der Waals surface area contributed by atoms with Gasteiger partial charge < -0.3 is 14.4 Å². The van der Waals surface area contributed by atoms with Gasteiger partial charge in [0.1, 0.15) is 24.7 Å². The molecule has 7 heteroatoms. The van der Waals surface area contributed by atoms with Crippen molar-refractivity contribution in [1.82, 2.24) is 14.8 Å². The van der Waals surface area contributed by atoms with E-state index in [1.807, 2.05) is 42.2 Å². The summed E-state index contributed by atoms with van der Waals surface area (Å²) < 4.78 is 11.9. The Morgan fingerprint density at radius 2 is 1.85 bits per heavy atom. The monoisotopic (exact) mass is 460 g/mol. The van der Waals surface area contributed by atoms with Crippen molar-refractivity contribution in [3.05, 3.63) is 59.8 Å². The molecular formula is C27H32N4O3. The van der Waals surface area contributed by atoms with Crippen LogP contribution < -0.4 is 14.4 Å². The molecule has 2 aliphatic rings. The summed E-state index contributed by atoms with van der Waals surface area (Å²) in [5.74, 6) is 1.76. The number of piperazine rings is 1. The van der Waals surface area contributed by atoms with E-state index >= 15 is 0 Å². The Kier molecular flexibility index (Phi) is 6.65. The average Bonchev–Trinajstić information content (AvgIpc) is 2.84. The van der Waals surface area contributed by atoms with E-state index in [1.54, 1.807) is 6.92 Å². The molecule has 2 aliphatic heterocycles. The third-order valence-corrected chi connectivity index (χ3v) is 6.63. The molecule has 0 bridgehead atoms. The van der Waals surface area contributed by atoms with Crippen molar-refractivity contribution in [3.8, 4) is 11.5 Å². The Morgan fingerprint density at radius 1 is 1.03 bits per heavy atom. The van der Waals surface area contributed by atoms with E-state index in [2.05, 4.69) is 33.0 Å². The van der Waals surface area contributed by atoms with Gasteiger partial charge in [-0.3, -0.25) is 19.6 Å². The second-order valence-corrected chi connectivity index (χ2v) is 9.06. The summed E-state index contributed by atoms with van der Waals surface area (Å²) in [6.07, 6.45) is 0. The molecule has 3 aromatic rings. The molecule has 0 saturated carbocycles. The molecule has 1 saturated heterocycles. The van der Waals surface area contributed by atoms with Crippen LogP contribution >= 0.6 is 0 Å². The Balaban J connectivity index is 1.11. The van der Waals surface area contributed by atoms with Crippen LogP contribution in [0, 0.1) is 6.92 Å². The quantitative estimate of drug-likeness (QED) is 0.561. The Morgan fingerprint density at radius 3 is 2.68 bits per heavy atom. The van der Waals surface area contributed by atoms with Gasteiger partial charge in [0, 0.05) is 57.3 Å². The molecule has 3 heterocycles. The van der Waals surface area contributed by atoms with Crippen molar-refractivity contribution in [2.24, 2.45) is 0 Å². The van der Waals surface area contributed by atoms with Gasteiger partial charge in [0.05, 0.1) is 17.7 Å². The van der Waals surface area contributed by atoms with Crippen LogP contribution in [0.25, 0.3) is 10.9 Å². The van der Waals surface area contributed by atoms with Gasteiger partial charge in [-0.25, -0.2) is 0 Å². The molecule has 34 heavy (non-hydrogen) atoms. The van der Waals surface area contributed by atoms with Crippen LogP contribution in [0.2, 0.25) is 0 Å². The van der Waals surface area contributed by atoms with Crippen LogP contribution in [0.15, 0.2) is 48.5 Å². The van der Waals surface area contributed by atoms with Gasteiger partial charge in [-0.15, -0.1) is 0 Å². The highest BCUT2D eigenvalue weighted by atomic mass is 16.5. The number of benzene rings is 2. The van der Waals surface area contributed by atoms with Crippen molar-refractivity contribution >= 4 is 22.5 Å². The Bertz CT molecular complexity index is 1170. The van der Waals surface area contributed by atoms with Crippen molar-refractivity contribution in [2.75, 3.05) is 57.4 Å². The standard InChI is InChI=1S/C27H32N4O3/c1-20-6-8-23-24(28-20)4-3-5-26(23)33-16-14-29-10-12-30(13-11-29)19-22-7-9-27-25(18-22)31(21(2)32)15-17-34-27/h3-9,18H,10-17,19H2,1-2H3. The van der Waals surface area contributed by atoms with Crippen molar-refractivity contribution < 1.29 is 14.3 Å². The molecule has 1 fully saturated rings. The highest BCUT2D eigenvalue weighted by Crippen LogP contribution is 2.33. The molecule has 1 aromatic heterocycles. The lowest BCUT2D eigenvalue weighted by Crippen LogP contribution is -2.47. The number of amides is 1. The van der Waals surface area contributed by atoms with E-state index in [1.165, 1.54) is 5.56 Å². The molecule has 0 N–H and O–H groups in total. The van der Waals surface area contributed by atoms with E-state index in [9.17, 15) is 4.79 Å². The fourth-order valence-corrected chi connectivity index (χ4v) is 4.76. The number of hydrogen-bond donors (Lipinski definition) is 0. The number of pyridine rings is 1. The summed E-state index contributed by atoms with van der Waals surface area (Å²) in [5, 5.41) is 1.07. The highest BCUT2D eigenvalue weighted by molar-refractivity contribution is 5.93. The fraction of sp³-hybridized carbons (Fsp3) is 0.407. The molecule has 0 spiro atoms. The lowest BCUT2D eigenvalue weighted by Gasteiger charge is -2.35. The van der Waals surface area contributed by atoms with E-state index < -0.39 is 0 Å². The summed E-state index contributed by atoms with van der Waals surface area (Å²) in [7, 11) is 0. The maximum absolute atomic E-state index is 12.0. The van der Waals surface area contributed by atoms with E-state index in [0.717, 1.165) is 73.1 Å². The van der Waals surface area contributed by atoms with Crippen LogP contribution in [-0.2, 0) is 11.3 Å². The van der Waals surface area contributed by atoms with Gasteiger partial charge in [-0.1, -0.05) is 12.1 Å². The minimum atomic E-state index is 0.0624. The number of nitrogens with zero attached hydrogens (tertiary/aromatic N) is 4. The first-order chi connectivity index (χ1) is 16.6.